The number of hydrogen-bond donors (Lipinski definition) is 0. The van der Waals surface area contributed by atoms with E-state index in [9.17, 15) is 0 Å². The van der Waals surface area contributed by atoms with Crippen molar-refractivity contribution >= 4 is 21.5 Å². The number of rotatable bonds is 0. The molecule has 0 radical (unpaired) electrons. The van der Waals surface area contributed by atoms with Crippen LogP contribution in [0.5, 0.6) is 0 Å². The SMILES string of the molecule is Cc1ccc(C)c2c(C)c3c(C)ccc(C)c3cc12. The lowest BCUT2D eigenvalue weighted by atomic mass is 9.89. The molecule has 0 saturated carbocycles. The first-order valence-electron chi connectivity index (χ1n) is 6.90. The topological polar surface area (TPSA) is 0 Å². The highest BCUT2D eigenvalue weighted by atomic mass is 14.1. The van der Waals surface area contributed by atoms with Crippen molar-refractivity contribution in [1.82, 2.24) is 0 Å². The molecule has 0 spiro atoms. The Labute approximate surface area is 115 Å². The van der Waals surface area contributed by atoms with E-state index in [0.29, 0.717) is 0 Å². The van der Waals surface area contributed by atoms with Crippen LogP contribution in [0, 0.1) is 34.6 Å². The van der Waals surface area contributed by atoms with Crippen molar-refractivity contribution in [3.63, 3.8) is 0 Å². The van der Waals surface area contributed by atoms with Crippen LogP contribution in [0.3, 0.4) is 0 Å². The van der Waals surface area contributed by atoms with Gasteiger partial charge in [-0.3, -0.25) is 0 Å². The van der Waals surface area contributed by atoms with Gasteiger partial charge in [0.25, 0.3) is 0 Å². The van der Waals surface area contributed by atoms with Crippen LogP contribution in [-0.4, -0.2) is 0 Å². The van der Waals surface area contributed by atoms with Gasteiger partial charge in [-0.25, -0.2) is 0 Å². The lowest BCUT2D eigenvalue weighted by Crippen LogP contribution is -1.92. The minimum Gasteiger partial charge on any atom is -0.0584 e. The van der Waals surface area contributed by atoms with Gasteiger partial charge in [-0.2, -0.15) is 0 Å². The number of fused-ring (bicyclic) bond motifs is 2. The molecule has 0 amide bonds. The van der Waals surface area contributed by atoms with Gasteiger partial charge in [-0.05, 0) is 90.0 Å². The van der Waals surface area contributed by atoms with E-state index in [1.807, 2.05) is 0 Å². The second-order valence-electron chi connectivity index (χ2n) is 5.75. The van der Waals surface area contributed by atoms with Crippen LogP contribution in [0.2, 0.25) is 0 Å². The maximum absolute atomic E-state index is 2.38. The molecule has 0 unspecified atom stereocenters. The highest BCUT2D eigenvalue weighted by molar-refractivity contribution is 6.06. The smallest absolute Gasteiger partial charge is 0.0116 e. The van der Waals surface area contributed by atoms with Crippen LogP contribution in [0.25, 0.3) is 21.5 Å². The van der Waals surface area contributed by atoms with E-state index in [0.717, 1.165) is 0 Å². The zero-order valence-corrected chi connectivity index (χ0v) is 12.4. The Kier molecular flexibility index (Phi) is 2.63. The van der Waals surface area contributed by atoms with Gasteiger partial charge in [0.05, 0.1) is 0 Å². The summed E-state index contributed by atoms with van der Waals surface area (Å²) in [7, 11) is 0. The quantitative estimate of drug-likeness (QED) is 0.458. The fourth-order valence-corrected chi connectivity index (χ4v) is 3.30. The molecule has 96 valence electrons. The van der Waals surface area contributed by atoms with E-state index in [-0.39, 0.29) is 0 Å². The molecule has 0 aromatic heterocycles. The molecule has 0 saturated heterocycles. The summed E-state index contributed by atoms with van der Waals surface area (Å²) >= 11 is 0. The molecule has 0 fully saturated rings. The third-order valence-corrected chi connectivity index (χ3v) is 4.38. The van der Waals surface area contributed by atoms with Gasteiger partial charge < -0.3 is 0 Å². The minimum atomic E-state index is 1.37. The Hall–Kier alpha value is -1.82. The number of aryl methyl sites for hydroxylation is 5. The van der Waals surface area contributed by atoms with E-state index >= 15 is 0 Å². The zero-order valence-electron chi connectivity index (χ0n) is 12.4. The van der Waals surface area contributed by atoms with Crippen molar-refractivity contribution in [3.8, 4) is 0 Å². The Bertz CT molecular complexity index is 741. The molecule has 3 aromatic carbocycles. The van der Waals surface area contributed by atoms with E-state index < -0.39 is 0 Å². The molecule has 0 heteroatoms. The second-order valence-corrected chi connectivity index (χ2v) is 5.75. The van der Waals surface area contributed by atoms with Gasteiger partial charge in [0.1, 0.15) is 0 Å². The molecule has 0 aliphatic heterocycles. The molecule has 3 rings (SSSR count). The van der Waals surface area contributed by atoms with Crippen LogP contribution >= 0.6 is 0 Å². The molecule has 0 bridgehead atoms. The molecular formula is C19H20. The largest absolute Gasteiger partial charge is 0.0584 e. The third-order valence-electron chi connectivity index (χ3n) is 4.38. The van der Waals surface area contributed by atoms with Gasteiger partial charge in [-0.1, -0.05) is 24.3 Å². The summed E-state index contributed by atoms with van der Waals surface area (Å²) in [6.07, 6.45) is 0. The summed E-state index contributed by atoms with van der Waals surface area (Å²) in [5.74, 6) is 0. The van der Waals surface area contributed by atoms with Gasteiger partial charge in [0.2, 0.25) is 0 Å². The maximum Gasteiger partial charge on any atom is -0.0116 e. The number of hydrogen-bond acceptors (Lipinski definition) is 0. The van der Waals surface area contributed by atoms with Gasteiger partial charge in [0.15, 0.2) is 0 Å². The van der Waals surface area contributed by atoms with Crippen molar-refractivity contribution < 1.29 is 0 Å². The highest BCUT2D eigenvalue weighted by Gasteiger charge is 2.11. The summed E-state index contributed by atoms with van der Waals surface area (Å²) in [5.41, 5.74) is 6.91. The summed E-state index contributed by atoms with van der Waals surface area (Å²) in [6.45, 7) is 11.1. The Balaban J connectivity index is 2.68. The lowest BCUT2D eigenvalue weighted by molar-refractivity contribution is 1.41. The van der Waals surface area contributed by atoms with Gasteiger partial charge in [-0.15, -0.1) is 0 Å². The van der Waals surface area contributed by atoms with Crippen molar-refractivity contribution in [1.29, 1.82) is 0 Å². The second kappa shape index (κ2) is 4.09. The summed E-state index contributed by atoms with van der Waals surface area (Å²) in [5, 5.41) is 5.67. The molecule has 0 heterocycles. The van der Waals surface area contributed by atoms with Crippen LogP contribution in [0.4, 0.5) is 0 Å². The lowest BCUT2D eigenvalue weighted by Gasteiger charge is -2.15. The minimum absolute atomic E-state index is 1.37. The van der Waals surface area contributed by atoms with Crippen molar-refractivity contribution in [2.45, 2.75) is 34.6 Å². The molecule has 19 heavy (non-hydrogen) atoms. The van der Waals surface area contributed by atoms with E-state index in [2.05, 4.69) is 65.0 Å². The average molecular weight is 248 g/mol. The van der Waals surface area contributed by atoms with Gasteiger partial charge in [0, 0.05) is 0 Å². The Morgan fingerprint density at radius 3 is 1.32 bits per heavy atom. The highest BCUT2D eigenvalue weighted by Crippen LogP contribution is 2.34. The van der Waals surface area contributed by atoms with Crippen LogP contribution in [-0.2, 0) is 0 Å². The zero-order chi connectivity index (χ0) is 13.7. The Morgan fingerprint density at radius 2 is 0.895 bits per heavy atom. The van der Waals surface area contributed by atoms with Crippen molar-refractivity contribution in [2.24, 2.45) is 0 Å². The fourth-order valence-electron chi connectivity index (χ4n) is 3.30. The van der Waals surface area contributed by atoms with Crippen LogP contribution in [0.1, 0.15) is 27.8 Å². The maximum atomic E-state index is 2.38. The van der Waals surface area contributed by atoms with Crippen molar-refractivity contribution in [2.75, 3.05) is 0 Å². The fraction of sp³-hybridized carbons (Fsp3) is 0.263. The summed E-state index contributed by atoms with van der Waals surface area (Å²) in [6, 6.07) is 11.3. The molecule has 0 aliphatic rings. The molecular weight excluding hydrogens is 228 g/mol. The summed E-state index contributed by atoms with van der Waals surface area (Å²) < 4.78 is 0. The van der Waals surface area contributed by atoms with Crippen LogP contribution < -0.4 is 0 Å². The van der Waals surface area contributed by atoms with Crippen LogP contribution in [0.15, 0.2) is 30.3 Å². The van der Waals surface area contributed by atoms with Gasteiger partial charge >= 0.3 is 0 Å². The molecule has 0 aliphatic carbocycles. The Morgan fingerprint density at radius 1 is 0.526 bits per heavy atom. The molecule has 3 aromatic rings. The summed E-state index contributed by atoms with van der Waals surface area (Å²) in [4.78, 5) is 0. The monoisotopic (exact) mass is 248 g/mol. The predicted octanol–water partition coefficient (Wildman–Crippen LogP) is 5.54. The normalized spacial score (nSPS) is 11.4. The average Bonchev–Trinajstić information content (AvgIpc) is 2.38. The van der Waals surface area contributed by atoms with E-state index in [1.165, 1.54) is 49.4 Å². The first kappa shape index (κ1) is 12.2. The first-order valence-corrected chi connectivity index (χ1v) is 6.90. The molecule has 0 atom stereocenters. The first-order chi connectivity index (χ1) is 9.00. The predicted molar refractivity (Wildman–Crippen MR) is 85.1 cm³/mol. The van der Waals surface area contributed by atoms with E-state index in [1.54, 1.807) is 0 Å². The molecule has 0 nitrogen and oxygen atoms in total. The third kappa shape index (κ3) is 1.67. The van der Waals surface area contributed by atoms with E-state index in [4.69, 9.17) is 0 Å². The number of benzene rings is 3. The standard InChI is InChI=1S/C19H20/c1-11-6-8-13(3)18-15(5)19-14(4)9-7-12(2)17(19)10-16(11)18/h6-10H,1-5H3. The van der Waals surface area contributed by atoms with Crippen molar-refractivity contribution in [3.05, 3.63) is 58.1 Å². The molecule has 0 N–H and O–H groups in total.